The molecule has 0 heterocycles. The van der Waals surface area contributed by atoms with E-state index in [9.17, 15) is 4.39 Å². The SMILES string of the molecule is COc1c(F)cc(Cl)cc1CCON. The van der Waals surface area contributed by atoms with E-state index in [-0.39, 0.29) is 12.4 Å². The molecule has 0 fully saturated rings. The summed E-state index contributed by atoms with van der Waals surface area (Å²) >= 11 is 5.69. The average molecular weight is 220 g/mol. The lowest BCUT2D eigenvalue weighted by Gasteiger charge is -2.09. The van der Waals surface area contributed by atoms with Crippen molar-refractivity contribution in [3.05, 3.63) is 28.5 Å². The minimum Gasteiger partial charge on any atom is -0.493 e. The summed E-state index contributed by atoms with van der Waals surface area (Å²) in [5.41, 5.74) is 0.642. The van der Waals surface area contributed by atoms with Crippen molar-refractivity contribution in [3.63, 3.8) is 0 Å². The molecular formula is C9H11ClFNO2. The van der Waals surface area contributed by atoms with Gasteiger partial charge < -0.3 is 9.57 Å². The monoisotopic (exact) mass is 219 g/mol. The van der Waals surface area contributed by atoms with Crippen LogP contribution in [0, 0.1) is 5.82 Å². The second-order valence-corrected chi connectivity index (χ2v) is 3.14. The van der Waals surface area contributed by atoms with E-state index in [2.05, 4.69) is 4.84 Å². The van der Waals surface area contributed by atoms with Crippen molar-refractivity contribution in [2.75, 3.05) is 13.7 Å². The van der Waals surface area contributed by atoms with Gasteiger partial charge in [-0.25, -0.2) is 10.3 Å². The predicted octanol–water partition coefficient (Wildman–Crippen LogP) is 1.92. The minimum atomic E-state index is -0.480. The number of rotatable bonds is 4. The normalized spacial score (nSPS) is 10.3. The molecule has 0 saturated heterocycles. The standard InChI is InChI=1S/C9H11ClFNO2/c1-13-9-6(2-3-14-12)4-7(10)5-8(9)11/h4-5H,2-3,12H2,1H3. The quantitative estimate of drug-likeness (QED) is 0.787. The fourth-order valence-corrected chi connectivity index (χ4v) is 1.42. The molecule has 5 heteroatoms. The van der Waals surface area contributed by atoms with Gasteiger partial charge in [-0.2, -0.15) is 0 Å². The van der Waals surface area contributed by atoms with E-state index in [4.69, 9.17) is 22.2 Å². The van der Waals surface area contributed by atoms with E-state index >= 15 is 0 Å². The molecule has 3 nitrogen and oxygen atoms in total. The summed E-state index contributed by atoms with van der Waals surface area (Å²) in [6.45, 7) is 0.288. The molecule has 2 N–H and O–H groups in total. The second kappa shape index (κ2) is 5.14. The number of hydrogen-bond donors (Lipinski definition) is 1. The van der Waals surface area contributed by atoms with Crippen molar-refractivity contribution in [2.24, 2.45) is 5.90 Å². The Labute approximate surface area is 86.5 Å². The maximum Gasteiger partial charge on any atom is 0.166 e. The maximum atomic E-state index is 13.3. The van der Waals surface area contributed by atoms with E-state index in [1.807, 2.05) is 0 Å². The lowest BCUT2D eigenvalue weighted by Crippen LogP contribution is -2.05. The third kappa shape index (κ3) is 2.57. The number of halogens is 2. The minimum absolute atomic E-state index is 0.187. The molecule has 0 aliphatic rings. The van der Waals surface area contributed by atoms with Gasteiger partial charge in [-0.3, -0.25) is 0 Å². The molecule has 0 bridgehead atoms. The molecule has 0 aliphatic heterocycles. The van der Waals surface area contributed by atoms with Crippen molar-refractivity contribution in [1.29, 1.82) is 0 Å². The molecule has 0 unspecified atom stereocenters. The van der Waals surface area contributed by atoms with Crippen LogP contribution in [0.25, 0.3) is 0 Å². The van der Waals surface area contributed by atoms with Gasteiger partial charge >= 0.3 is 0 Å². The molecule has 0 atom stereocenters. The predicted molar refractivity (Wildman–Crippen MR) is 51.8 cm³/mol. The van der Waals surface area contributed by atoms with Gasteiger partial charge in [-0.05, 0) is 12.1 Å². The lowest BCUT2D eigenvalue weighted by molar-refractivity contribution is 0.140. The van der Waals surface area contributed by atoms with Crippen LogP contribution < -0.4 is 10.6 Å². The molecule has 14 heavy (non-hydrogen) atoms. The molecule has 0 aromatic heterocycles. The van der Waals surface area contributed by atoms with Gasteiger partial charge in [0.15, 0.2) is 11.6 Å². The summed E-state index contributed by atoms with van der Waals surface area (Å²) in [6, 6.07) is 2.83. The molecule has 0 aliphatic carbocycles. The van der Waals surface area contributed by atoms with E-state index in [0.29, 0.717) is 17.0 Å². The molecule has 78 valence electrons. The van der Waals surface area contributed by atoms with Gasteiger partial charge in [0.05, 0.1) is 13.7 Å². The van der Waals surface area contributed by atoms with Crippen LogP contribution in [0.3, 0.4) is 0 Å². The van der Waals surface area contributed by atoms with E-state index in [1.54, 1.807) is 6.07 Å². The zero-order valence-electron chi connectivity index (χ0n) is 7.72. The first-order chi connectivity index (χ1) is 6.69. The molecule has 0 amide bonds. The van der Waals surface area contributed by atoms with Crippen molar-refractivity contribution < 1.29 is 14.0 Å². The third-order valence-corrected chi connectivity index (χ3v) is 2.00. The highest BCUT2D eigenvalue weighted by atomic mass is 35.5. The van der Waals surface area contributed by atoms with Crippen LogP contribution in [0.1, 0.15) is 5.56 Å². The van der Waals surface area contributed by atoms with Crippen LogP contribution in [0.4, 0.5) is 4.39 Å². The highest BCUT2D eigenvalue weighted by molar-refractivity contribution is 6.30. The van der Waals surface area contributed by atoms with Gasteiger partial charge in [0.2, 0.25) is 0 Å². The topological polar surface area (TPSA) is 44.5 Å². The fourth-order valence-electron chi connectivity index (χ4n) is 1.20. The average Bonchev–Trinajstić information content (AvgIpc) is 2.14. The number of nitrogens with two attached hydrogens (primary N) is 1. The largest absolute Gasteiger partial charge is 0.493 e. The van der Waals surface area contributed by atoms with Crippen LogP contribution in [0.2, 0.25) is 5.02 Å². The Morgan fingerprint density at radius 1 is 1.50 bits per heavy atom. The van der Waals surface area contributed by atoms with Crippen molar-refractivity contribution >= 4 is 11.6 Å². The molecule has 1 aromatic rings. The summed E-state index contributed by atoms with van der Waals surface area (Å²) in [4.78, 5) is 4.40. The first kappa shape index (κ1) is 11.2. The maximum absolute atomic E-state index is 13.3. The number of methoxy groups -OCH3 is 1. The second-order valence-electron chi connectivity index (χ2n) is 2.70. The Hall–Kier alpha value is -0.840. The number of ether oxygens (including phenoxy) is 1. The Morgan fingerprint density at radius 3 is 2.79 bits per heavy atom. The van der Waals surface area contributed by atoms with Crippen LogP contribution in [-0.4, -0.2) is 13.7 Å². The van der Waals surface area contributed by atoms with Gasteiger partial charge in [0.25, 0.3) is 0 Å². The summed E-state index contributed by atoms with van der Waals surface area (Å²) in [6.07, 6.45) is 0.456. The van der Waals surface area contributed by atoms with Crippen LogP contribution in [0.5, 0.6) is 5.75 Å². The van der Waals surface area contributed by atoms with Crippen LogP contribution >= 0.6 is 11.6 Å². The third-order valence-electron chi connectivity index (χ3n) is 1.78. The summed E-state index contributed by atoms with van der Waals surface area (Å²) in [5, 5.41) is 0.329. The number of benzene rings is 1. The van der Waals surface area contributed by atoms with Gasteiger partial charge in [0, 0.05) is 17.0 Å². The molecular weight excluding hydrogens is 209 g/mol. The highest BCUT2D eigenvalue weighted by Gasteiger charge is 2.10. The van der Waals surface area contributed by atoms with E-state index in [0.717, 1.165) is 0 Å². The molecule has 1 aromatic carbocycles. The first-order valence-electron chi connectivity index (χ1n) is 4.02. The zero-order valence-corrected chi connectivity index (χ0v) is 8.47. The van der Waals surface area contributed by atoms with Gasteiger partial charge in [-0.1, -0.05) is 11.6 Å². The Bertz CT molecular complexity index is 320. The lowest BCUT2D eigenvalue weighted by atomic mass is 10.1. The van der Waals surface area contributed by atoms with Crippen molar-refractivity contribution in [1.82, 2.24) is 0 Å². The van der Waals surface area contributed by atoms with Crippen molar-refractivity contribution in [2.45, 2.75) is 6.42 Å². The van der Waals surface area contributed by atoms with Gasteiger partial charge in [0.1, 0.15) is 0 Å². The molecule has 1 rings (SSSR count). The number of hydrogen-bond acceptors (Lipinski definition) is 3. The van der Waals surface area contributed by atoms with E-state index in [1.165, 1.54) is 13.2 Å². The smallest absolute Gasteiger partial charge is 0.166 e. The van der Waals surface area contributed by atoms with E-state index < -0.39 is 5.82 Å². The summed E-state index contributed by atoms with van der Waals surface area (Å²) in [5.74, 6) is 4.58. The highest BCUT2D eigenvalue weighted by Crippen LogP contribution is 2.27. The summed E-state index contributed by atoms with van der Waals surface area (Å²) < 4.78 is 18.2. The molecule has 0 radical (unpaired) electrons. The zero-order chi connectivity index (χ0) is 10.6. The Kier molecular flexibility index (Phi) is 4.13. The first-order valence-corrected chi connectivity index (χ1v) is 4.40. The molecule has 0 spiro atoms. The summed E-state index contributed by atoms with van der Waals surface area (Å²) in [7, 11) is 1.40. The Balaban J connectivity index is 2.99. The van der Waals surface area contributed by atoms with Crippen LogP contribution in [0.15, 0.2) is 12.1 Å². The van der Waals surface area contributed by atoms with Crippen molar-refractivity contribution in [3.8, 4) is 5.75 Å². The van der Waals surface area contributed by atoms with Gasteiger partial charge in [-0.15, -0.1) is 0 Å². The fraction of sp³-hybridized carbons (Fsp3) is 0.333. The van der Waals surface area contributed by atoms with Crippen LogP contribution in [-0.2, 0) is 11.3 Å². The Morgan fingerprint density at radius 2 is 2.21 bits per heavy atom. The molecule has 0 saturated carbocycles.